The van der Waals surface area contributed by atoms with E-state index in [1.165, 1.54) is 17.7 Å². The molecule has 6 nitrogen and oxygen atoms in total. The highest BCUT2D eigenvalue weighted by atomic mass is 19.1. The van der Waals surface area contributed by atoms with Crippen LogP contribution in [0.1, 0.15) is 49.3 Å². The zero-order chi connectivity index (χ0) is 26.6. The fraction of sp³-hybridized carbons (Fsp3) is 0.333. The average Bonchev–Trinajstić information content (AvgIpc) is 3.40. The molecular formula is C30H29F2N3O3. The van der Waals surface area contributed by atoms with Gasteiger partial charge in [-0.15, -0.1) is 0 Å². The molecule has 0 bridgehead atoms. The molecule has 1 aromatic heterocycles. The third kappa shape index (κ3) is 5.79. The smallest absolute Gasteiger partial charge is 0.303 e. The van der Waals surface area contributed by atoms with Crippen molar-refractivity contribution in [2.75, 3.05) is 13.1 Å². The second-order valence-electron chi connectivity index (χ2n) is 9.94. The fourth-order valence-corrected chi connectivity index (χ4v) is 5.30. The zero-order valence-electron chi connectivity index (χ0n) is 20.9. The first kappa shape index (κ1) is 25.7. The van der Waals surface area contributed by atoms with Crippen LogP contribution in [-0.4, -0.2) is 44.9 Å². The Bertz CT molecular complexity index is 1460. The van der Waals surface area contributed by atoms with Gasteiger partial charge in [0.05, 0.1) is 28.0 Å². The number of hydrogen-bond donors (Lipinski definition) is 1. The molecule has 1 N–H and O–H groups in total. The fourth-order valence-electron chi connectivity index (χ4n) is 5.30. The van der Waals surface area contributed by atoms with Gasteiger partial charge in [-0.2, -0.15) is 0 Å². The summed E-state index contributed by atoms with van der Waals surface area (Å²) in [7, 11) is 0. The van der Waals surface area contributed by atoms with Gasteiger partial charge >= 0.3 is 5.97 Å². The van der Waals surface area contributed by atoms with Gasteiger partial charge in [0.1, 0.15) is 11.6 Å². The lowest BCUT2D eigenvalue weighted by Crippen LogP contribution is -2.41. The summed E-state index contributed by atoms with van der Waals surface area (Å²) in [4.78, 5) is 35.7. The Hall–Kier alpha value is -3.94. The molecule has 38 heavy (non-hydrogen) atoms. The van der Waals surface area contributed by atoms with E-state index in [2.05, 4.69) is 12.1 Å². The van der Waals surface area contributed by atoms with E-state index in [1.54, 1.807) is 0 Å². The first-order valence-electron chi connectivity index (χ1n) is 13.0. The molecule has 2 unspecified atom stereocenters. The van der Waals surface area contributed by atoms with Crippen LogP contribution in [0.5, 0.6) is 0 Å². The molecule has 2 heterocycles. The van der Waals surface area contributed by atoms with Crippen molar-refractivity contribution >= 4 is 24.0 Å². The van der Waals surface area contributed by atoms with E-state index in [9.17, 15) is 18.4 Å². The number of carbonyl (C=O) groups excluding carboxylic acids is 1. The van der Waals surface area contributed by atoms with Crippen LogP contribution in [0.4, 0.5) is 8.78 Å². The van der Waals surface area contributed by atoms with Crippen LogP contribution >= 0.6 is 0 Å². The highest BCUT2D eigenvalue weighted by Gasteiger charge is 2.31. The van der Waals surface area contributed by atoms with Gasteiger partial charge in [0, 0.05) is 37.1 Å². The molecule has 0 radical (unpaired) electrons. The molecule has 5 rings (SSSR count). The molecule has 0 saturated carbocycles. The van der Waals surface area contributed by atoms with Gasteiger partial charge in [0.25, 0.3) is 0 Å². The number of hydrogen-bond acceptors (Lipinski definition) is 4. The SMILES string of the molecule is O=C(O)CCCCc1nc2c(nc1-c1cc(F)cc(F)c1)=CCC(C(=O)N1CCC(c3ccccc3)C1)C=2. The summed E-state index contributed by atoms with van der Waals surface area (Å²) in [6, 6.07) is 13.5. The van der Waals surface area contributed by atoms with Crippen molar-refractivity contribution < 1.29 is 23.5 Å². The summed E-state index contributed by atoms with van der Waals surface area (Å²) in [5.74, 6) is -2.27. The molecule has 196 valence electrons. The summed E-state index contributed by atoms with van der Waals surface area (Å²) in [6.45, 7) is 1.39. The summed E-state index contributed by atoms with van der Waals surface area (Å²) < 4.78 is 28.0. The number of carbonyl (C=O) groups is 2. The maximum absolute atomic E-state index is 14.0. The monoisotopic (exact) mass is 517 g/mol. The summed E-state index contributed by atoms with van der Waals surface area (Å²) >= 11 is 0. The minimum absolute atomic E-state index is 0.0264. The molecule has 1 saturated heterocycles. The molecule has 2 aromatic carbocycles. The van der Waals surface area contributed by atoms with Crippen LogP contribution < -0.4 is 10.7 Å². The van der Waals surface area contributed by atoms with Gasteiger partial charge in [0.15, 0.2) is 0 Å². The number of amides is 1. The van der Waals surface area contributed by atoms with Gasteiger partial charge in [-0.3, -0.25) is 9.59 Å². The maximum Gasteiger partial charge on any atom is 0.303 e. The first-order valence-corrected chi connectivity index (χ1v) is 13.0. The van der Waals surface area contributed by atoms with E-state index in [4.69, 9.17) is 15.1 Å². The van der Waals surface area contributed by atoms with Gasteiger partial charge in [-0.1, -0.05) is 36.4 Å². The van der Waals surface area contributed by atoms with Crippen LogP contribution in [0.2, 0.25) is 0 Å². The van der Waals surface area contributed by atoms with Crippen molar-refractivity contribution in [3.63, 3.8) is 0 Å². The maximum atomic E-state index is 14.0. The predicted octanol–water partition coefficient (Wildman–Crippen LogP) is 3.82. The molecule has 3 aromatic rings. The number of aliphatic carboxylic acids is 1. The van der Waals surface area contributed by atoms with E-state index < -0.39 is 17.6 Å². The third-order valence-electron chi connectivity index (χ3n) is 7.23. The number of aryl methyl sites for hydroxylation is 1. The lowest BCUT2D eigenvalue weighted by molar-refractivity contribution is -0.137. The Morgan fingerprint density at radius 2 is 1.76 bits per heavy atom. The second-order valence-corrected chi connectivity index (χ2v) is 9.94. The number of aromatic nitrogens is 2. The van der Waals surface area contributed by atoms with Crippen LogP contribution in [0, 0.1) is 17.6 Å². The largest absolute Gasteiger partial charge is 0.481 e. The van der Waals surface area contributed by atoms with Crippen molar-refractivity contribution in [1.82, 2.24) is 14.9 Å². The Morgan fingerprint density at radius 3 is 2.50 bits per heavy atom. The lowest BCUT2D eigenvalue weighted by Gasteiger charge is -2.22. The van der Waals surface area contributed by atoms with Crippen LogP contribution in [0.3, 0.4) is 0 Å². The number of fused-ring (bicyclic) bond motifs is 1. The van der Waals surface area contributed by atoms with E-state index in [1.807, 2.05) is 35.3 Å². The number of unbranched alkanes of at least 4 members (excludes halogenated alkanes) is 1. The molecular weight excluding hydrogens is 488 g/mol. The minimum atomic E-state index is -0.880. The van der Waals surface area contributed by atoms with Gasteiger partial charge < -0.3 is 10.0 Å². The molecule has 1 aliphatic heterocycles. The Balaban J connectivity index is 1.41. The highest BCUT2D eigenvalue weighted by Crippen LogP contribution is 2.29. The quantitative estimate of drug-likeness (QED) is 0.460. The number of carboxylic acid groups (broad SMARTS) is 1. The Kier molecular flexibility index (Phi) is 7.58. The van der Waals surface area contributed by atoms with E-state index >= 15 is 0 Å². The molecule has 2 aliphatic rings. The number of rotatable bonds is 8. The van der Waals surface area contributed by atoms with Gasteiger partial charge in [-0.25, -0.2) is 18.7 Å². The summed E-state index contributed by atoms with van der Waals surface area (Å²) in [5, 5.41) is 10.1. The number of likely N-dealkylation sites (tertiary alicyclic amines) is 1. The van der Waals surface area contributed by atoms with E-state index in [0.717, 1.165) is 12.5 Å². The normalized spacial score (nSPS) is 18.4. The molecule has 1 amide bonds. The average molecular weight is 518 g/mol. The van der Waals surface area contributed by atoms with Crippen LogP contribution in [0.15, 0.2) is 48.5 Å². The highest BCUT2D eigenvalue weighted by molar-refractivity contribution is 5.85. The van der Waals surface area contributed by atoms with E-state index in [-0.39, 0.29) is 23.8 Å². The third-order valence-corrected chi connectivity index (χ3v) is 7.23. The van der Waals surface area contributed by atoms with Crippen molar-refractivity contribution in [3.05, 3.63) is 82.1 Å². The Labute approximate surface area is 219 Å². The zero-order valence-corrected chi connectivity index (χ0v) is 20.9. The topological polar surface area (TPSA) is 83.4 Å². The minimum Gasteiger partial charge on any atom is -0.481 e. The van der Waals surface area contributed by atoms with Crippen LogP contribution in [-0.2, 0) is 16.0 Å². The predicted molar refractivity (Wildman–Crippen MR) is 139 cm³/mol. The number of halogens is 2. The molecule has 1 fully saturated rings. The van der Waals surface area contributed by atoms with Gasteiger partial charge in [-0.05, 0) is 55.9 Å². The molecule has 8 heteroatoms. The van der Waals surface area contributed by atoms with Crippen molar-refractivity contribution in [2.24, 2.45) is 5.92 Å². The lowest BCUT2D eigenvalue weighted by atomic mass is 9.97. The number of carboxylic acids is 1. The second kappa shape index (κ2) is 11.2. The van der Waals surface area contributed by atoms with Crippen molar-refractivity contribution in [1.29, 1.82) is 0 Å². The number of nitrogens with zero attached hydrogens (tertiary/aromatic N) is 3. The van der Waals surface area contributed by atoms with Gasteiger partial charge in [0.2, 0.25) is 5.91 Å². The molecule has 2 atom stereocenters. The van der Waals surface area contributed by atoms with Crippen LogP contribution in [0.25, 0.3) is 23.4 Å². The summed E-state index contributed by atoms with van der Waals surface area (Å²) in [5.41, 5.74) is 2.42. The van der Waals surface area contributed by atoms with E-state index in [0.29, 0.717) is 66.8 Å². The number of benzene rings is 2. The molecule has 0 spiro atoms. The Morgan fingerprint density at radius 1 is 1.00 bits per heavy atom. The standard InChI is InChI=1S/C30H29F2N3O3/c31-23-14-22(15-24(32)17-23)29-26(8-4-5-9-28(36)37)33-27-16-20(10-11-25(27)34-29)30(38)35-13-12-21(18-35)19-6-2-1-3-7-19/h1-3,6-7,11,14-17,20-21H,4-5,8-10,12-13,18H2,(H,36,37). The first-order chi connectivity index (χ1) is 18.4. The van der Waals surface area contributed by atoms with Crippen molar-refractivity contribution in [2.45, 2.75) is 44.4 Å². The van der Waals surface area contributed by atoms with Crippen molar-refractivity contribution in [3.8, 4) is 11.3 Å². The molecule has 1 aliphatic carbocycles. The summed E-state index contributed by atoms with van der Waals surface area (Å²) in [6.07, 6.45) is 6.51.